The van der Waals surface area contributed by atoms with Crippen molar-refractivity contribution in [3.8, 4) is 0 Å². The topological polar surface area (TPSA) is 70.0 Å². The third-order valence-corrected chi connectivity index (χ3v) is 4.72. The van der Waals surface area contributed by atoms with Crippen molar-refractivity contribution in [2.75, 3.05) is 6.61 Å². The van der Waals surface area contributed by atoms with E-state index in [1.54, 1.807) is 0 Å². The number of hydrogen-bond acceptors (Lipinski definition) is 5. The molecule has 0 radical (unpaired) electrons. The first kappa shape index (κ1) is 21.3. The average Bonchev–Trinajstić information content (AvgIpc) is 2.46. The van der Waals surface area contributed by atoms with Gasteiger partial charge in [-0.2, -0.15) is 5.06 Å². The Balaban J connectivity index is 2.34. The molecule has 1 aliphatic rings. The Hall–Kier alpha value is -0.750. The van der Waals surface area contributed by atoms with Crippen LogP contribution in [0.5, 0.6) is 0 Å². The van der Waals surface area contributed by atoms with Crippen molar-refractivity contribution in [2.45, 2.75) is 96.4 Å². The van der Waals surface area contributed by atoms with Gasteiger partial charge in [0, 0.05) is 17.5 Å². The largest absolute Gasteiger partial charge is 0.392 e. The van der Waals surface area contributed by atoms with E-state index in [-0.39, 0.29) is 35.7 Å². The maximum Gasteiger partial charge on any atom is 0.155 e. The molecule has 0 amide bonds. The maximum absolute atomic E-state index is 11.5. The summed E-state index contributed by atoms with van der Waals surface area (Å²) in [5, 5.41) is 20.4. The van der Waals surface area contributed by atoms with Gasteiger partial charge in [-0.3, -0.25) is 4.79 Å². The summed E-state index contributed by atoms with van der Waals surface area (Å²) in [6, 6.07) is 0. The summed E-state index contributed by atoms with van der Waals surface area (Å²) in [6.45, 7) is 10.2. The van der Waals surface area contributed by atoms with Crippen LogP contribution in [0.15, 0.2) is 12.2 Å². The number of unbranched alkanes of at least 4 members (excludes halogenated alkanes) is 1. The number of hydrogen-bond donors (Lipinski definition) is 2. The molecule has 1 saturated heterocycles. The summed E-state index contributed by atoms with van der Waals surface area (Å²) in [5.74, 6) is 0.0661. The van der Waals surface area contributed by atoms with Crippen molar-refractivity contribution in [1.82, 2.24) is 5.06 Å². The number of piperidine rings is 1. The predicted octanol–water partition coefficient (Wildman–Crippen LogP) is 3.48. The van der Waals surface area contributed by atoms with Gasteiger partial charge in [-0.15, -0.1) is 0 Å². The summed E-state index contributed by atoms with van der Waals surface area (Å²) < 4.78 is 6.21. The minimum Gasteiger partial charge on any atom is -0.392 e. The molecule has 5 nitrogen and oxygen atoms in total. The van der Waals surface area contributed by atoms with Crippen molar-refractivity contribution < 1.29 is 19.8 Å². The molecule has 1 rings (SSSR count). The zero-order valence-electron chi connectivity index (χ0n) is 15.9. The molecule has 0 aromatic rings. The first-order chi connectivity index (χ1) is 11.1. The molecule has 1 aliphatic heterocycles. The van der Waals surface area contributed by atoms with Crippen LogP contribution >= 0.6 is 0 Å². The number of nitrogens with zero attached hydrogens (tertiary/aromatic N) is 1. The molecule has 0 saturated carbocycles. The van der Waals surface area contributed by atoms with E-state index in [1.807, 2.05) is 27.7 Å². The number of aliphatic hydroxyl groups excluding tert-OH is 1. The number of allylic oxidation sites excluding steroid dienone is 1. The van der Waals surface area contributed by atoms with Crippen LogP contribution in [-0.2, 0) is 9.53 Å². The highest BCUT2D eigenvalue weighted by molar-refractivity contribution is 5.89. The highest BCUT2D eigenvalue weighted by atomic mass is 16.5. The maximum atomic E-state index is 11.5. The highest BCUT2D eigenvalue weighted by Gasteiger charge is 2.45. The van der Waals surface area contributed by atoms with Crippen molar-refractivity contribution in [3.05, 3.63) is 12.2 Å². The van der Waals surface area contributed by atoms with E-state index in [9.17, 15) is 10.0 Å². The fraction of sp³-hybridized carbons (Fsp3) is 0.842. The average molecular weight is 341 g/mol. The van der Waals surface area contributed by atoms with Crippen molar-refractivity contribution >= 4 is 5.78 Å². The van der Waals surface area contributed by atoms with Gasteiger partial charge in [0.2, 0.25) is 0 Å². The Morgan fingerprint density at radius 3 is 2.38 bits per heavy atom. The first-order valence-electron chi connectivity index (χ1n) is 9.03. The number of ether oxygens (including phenoxy) is 1. The molecule has 1 heterocycles. The molecule has 0 aromatic carbocycles. The summed E-state index contributed by atoms with van der Waals surface area (Å²) >= 11 is 0. The molecule has 1 unspecified atom stereocenters. The van der Waals surface area contributed by atoms with Crippen LogP contribution in [0.1, 0.15) is 73.1 Å². The Morgan fingerprint density at radius 1 is 1.25 bits per heavy atom. The van der Waals surface area contributed by atoms with Gasteiger partial charge in [0.15, 0.2) is 5.78 Å². The van der Waals surface area contributed by atoms with Crippen molar-refractivity contribution in [3.63, 3.8) is 0 Å². The molecule has 5 heteroatoms. The van der Waals surface area contributed by atoms with E-state index in [0.29, 0.717) is 6.42 Å². The molecular formula is C19H35NO4. The van der Waals surface area contributed by atoms with E-state index in [1.165, 1.54) is 17.2 Å². The molecule has 140 valence electrons. The number of carbonyl (C=O) groups is 1. The van der Waals surface area contributed by atoms with E-state index in [2.05, 4.69) is 6.92 Å². The van der Waals surface area contributed by atoms with Crippen LogP contribution in [0, 0.1) is 0 Å². The summed E-state index contributed by atoms with van der Waals surface area (Å²) in [6.07, 6.45) is 8.07. The second-order valence-corrected chi connectivity index (χ2v) is 8.21. The van der Waals surface area contributed by atoms with Crippen LogP contribution in [0.2, 0.25) is 0 Å². The number of carbonyl (C=O) groups excluding carboxylic acids is 1. The van der Waals surface area contributed by atoms with Gasteiger partial charge in [-0.05, 0) is 66.4 Å². The van der Waals surface area contributed by atoms with Crippen molar-refractivity contribution in [1.29, 1.82) is 0 Å². The Labute approximate surface area is 146 Å². The lowest BCUT2D eigenvalue weighted by atomic mass is 9.80. The second kappa shape index (κ2) is 9.09. The van der Waals surface area contributed by atoms with Crippen LogP contribution in [-0.4, -0.2) is 51.1 Å². The zero-order chi connectivity index (χ0) is 18.4. The second-order valence-electron chi connectivity index (χ2n) is 8.21. The fourth-order valence-corrected chi connectivity index (χ4v) is 3.67. The van der Waals surface area contributed by atoms with E-state index in [0.717, 1.165) is 32.1 Å². The number of aliphatic hydroxyl groups is 1. The van der Waals surface area contributed by atoms with E-state index >= 15 is 0 Å². The number of hydroxylamine groups is 2. The molecule has 1 fully saturated rings. The Morgan fingerprint density at radius 2 is 1.83 bits per heavy atom. The quantitative estimate of drug-likeness (QED) is 0.496. The summed E-state index contributed by atoms with van der Waals surface area (Å²) in [7, 11) is 0. The first-order valence-corrected chi connectivity index (χ1v) is 9.03. The summed E-state index contributed by atoms with van der Waals surface area (Å²) in [5.41, 5.74) is -0.588. The molecule has 0 bridgehead atoms. The normalized spacial score (nSPS) is 22.8. The zero-order valence-corrected chi connectivity index (χ0v) is 15.9. The van der Waals surface area contributed by atoms with Gasteiger partial charge >= 0.3 is 0 Å². The van der Waals surface area contributed by atoms with Crippen molar-refractivity contribution in [2.24, 2.45) is 0 Å². The lowest BCUT2D eigenvalue weighted by Gasteiger charge is -2.51. The predicted molar refractivity (Wildman–Crippen MR) is 95.1 cm³/mol. The molecule has 0 aliphatic carbocycles. The monoisotopic (exact) mass is 341 g/mol. The van der Waals surface area contributed by atoms with Gasteiger partial charge in [0.1, 0.15) is 0 Å². The fourth-order valence-electron chi connectivity index (χ4n) is 3.67. The number of ketones is 1. The molecule has 0 spiro atoms. The standard InChI is InChI=1S/C19H35NO4/c1-15(9-6-7-10-16(22)11-8-12-21)24-17-13-18(2,3)20(23)19(4,5)14-17/h8,11,15,17,21,23H,6-7,9-10,12-14H2,1-5H3/b11-8+. The SMILES string of the molecule is CC(CCCCC(=O)/C=C/CO)OC1CC(C)(C)N(O)C(C)(C)C1. The van der Waals surface area contributed by atoms with Gasteiger partial charge in [0.25, 0.3) is 0 Å². The highest BCUT2D eigenvalue weighted by Crippen LogP contribution is 2.38. The third-order valence-electron chi connectivity index (χ3n) is 4.72. The third kappa shape index (κ3) is 6.63. The molecule has 0 aromatic heterocycles. The minimum absolute atomic E-state index is 0.0661. The molecule has 2 N–H and O–H groups in total. The van der Waals surface area contributed by atoms with E-state index in [4.69, 9.17) is 9.84 Å². The Bertz CT molecular complexity index is 413. The Kier molecular flexibility index (Phi) is 8.06. The van der Waals surface area contributed by atoms with Crippen LogP contribution in [0.25, 0.3) is 0 Å². The van der Waals surface area contributed by atoms with Gasteiger partial charge in [0.05, 0.1) is 18.8 Å². The molecule has 1 atom stereocenters. The molecular weight excluding hydrogens is 306 g/mol. The molecule has 24 heavy (non-hydrogen) atoms. The minimum atomic E-state index is -0.294. The van der Waals surface area contributed by atoms with Gasteiger partial charge < -0.3 is 15.1 Å². The van der Waals surface area contributed by atoms with Gasteiger partial charge in [-0.25, -0.2) is 0 Å². The van der Waals surface area contributed by atoms with Gasteiger partial charge in [-0.1, -0.05) is 12.5 Å². The lowest BCUT2D eigenvalue weighted by Crippen LogP contribution is -2.60. The lowest BCUT2D eigenvalue weighted by molar-refractivity contribution is -0.264. The summed E-state index contributed by atoms with van der Waals surface area (Å²) in [4.78, 5) is 11.5. The smallest absolute Gasteiger partial charge is 0.155 e. The van der Waals surface area contributed by atoms with E-state index < -0.39 is 0 Å². The van der Waals surface area contributed by atoms with Crippen LogP contribution < -0.4 is 0 Å². The number of rotatable bonds is 9. The van der Waals surface area contributed by atoms with Crippen LogP contribution in [0.4, 0.5) is 0 Å². The van der Waals surface area contributed by atoms with Crippen LogP contribution in [0.3, 0.4) is 0 Å².